The lowest BCUT2D eigenvalue weighted by Crippen LogP contribution is -2.47. The maximum Gasteiger partial charge on any atom is 0.137 e. The summed E-state index contributed by atoms with van der Waals surface area (Å²) in [5.74, 6) is 3.54. The lowest BCUT2D eigenvalue weighted by molar-refractivity contribution is -0.124. The molecule has 1 aromatic carbocycles. The van der Waals surface area contributed by atoms with Gasteiger partial charge in [-0.25, -0.2) is 0 Å². The van der Waals surface area contributed by atoms with Crippen molar-refractivity contribution in [3.05, 3.63) is 35.4 Å². The Balaban J connectivity index is 1.92. The summed E-state index contributed by atoms with van der Waals surface area (Å²) in [5.41, 5.74) is 2.18. The summed E-state index contributed by atoms with van der Waals surface area (Å²) >= 11 is 0. The fourth-order valence-corrected chi connectivity index (χ4v) is 3.91. The third kappa shape index (κ3) is 2.27. The molecule has 0 saturated carbocycles. The zero-order valence-corrected chi connectivity index (χ0v) is 11.9. The fourth-order valence-electron chi connectivity index (χ4n) is 3.91. The molecule has 0 aliphatic carbocycles. The van der Waals surface area contributed by atoms with Gasteiger partial charge in [-0.05, 0) is 42.9 Å². The minimum atomic E-state index is 0.135. The van der Waals surface area contributed by atoms with E-state index in [-0.39, 0.29) is 5.92 Å². The first-order valence-corrected chi connectivity index (χ1v) is 7.58. The summed E-state index contributed by atoms with van der Waals surface area (Å²) in [5, 5.41) is 3.62. The Hall–Kier alpha value is -1.59. The van der Waals surface area contributed by atoms with Crippen LogP contribution >= 0.6 is 0 Å². The second-order valence-electron chi connectivity index (χ2n) is 6.00. The highest BCUT2D eigenvalue weighted by molar-refractivity contribution is 5.82. The van der Waals surface area contributed by atoms with Gasteiger partial charge in [0.25, 0.3) is 0 Å². The Morgan fingerprint density at radius 2 is 2.10 bits per heavy atom. The number of fused-ring (bicyclic) bond motifs is 2. The van der Waals surface area contributed by atoms with Crippen LogP contribution in [0.5, 0.6) is 0 Å². The Labute approximate surface area is 121 Å². The summed E-state index contributed by atoms with van der Waals surface area (Å²) in [6.07, 6.45) is 9.46. The number of terminal acetylenes is 1. The van der Waals surface area contributed by atoms with Crippen molar-refractivity contribution in [1.82, 2.24) is 5.32 Å². The molecule has 104 valence electrons. The lowest BCUT2D eigenvalue weighted by Gasteiger charge is -2.37. The van der Waals surface area contributed by atoms with Gasteiger partial charge in [0.15, 0.2) is 0 Å². The number of piperidine rings is 1. The van der Waals surface area contributed by atoms with Crippen molar-refractivity contribution in [2.45, 2.75) is 50.6 Å². The van der Waals surface area contributed by atoms with E-state index in [1.807, 2.05) is 19.1 Å². The molecule has 0 spiro atoms. The fraction of sp³-hybridized carbons (Fsp3) is 0.500. The number of Topliss-reactive ketones (excluding diaryl/α,β-unsaturated/α-hetero) is 1. The second kappa shape index (κ2) is 5.42. The van der Waals surface area contributed by atoms with Crippen molar-refractivity contribution in [2.75, 3.05) is 0 Å². The molecule has 4 unspecified atom stereocenters. The van der Waals surface area contributed by atoms with Gasteiger partial charge in [0.1, 0.15) is 5.78 Å². The van der Waals surface area contributed by atoms with Crippen LogP contribution in [0.4, 0.5) is 0 Å². The third-order valence-electron chi connectivity index (χ3n) is 4.91. The normalized spacial score (nSPS) is 31.8. The number of rotatable bonds is 3. The molecule has 2 saturated heterocycles. The molecular formula is C18H21NO. The molecule has 20 heavy (non-hydrogen) atoms. The predicted octanol–water partition coefficient (Wildman–Crippen LogP) is 2.87. The van der Waals surface area contributed by atoms with Gasteiger partial charge in [0.05, 0.1) is 0 Å². The number of hydrogen-bond donors (Lipinski definition) is 1. The van der Waals surface area contributed by atoms with E-state index in [1.54, 1.807) is 0 Å². The molecule has 3 rings (SSSR count). The molecule has 1 N–H and O–H groups in total. The van der Waals surface area contributed by atoms with Gasteiger partial charge in [0, 0.05) is 30.0 Å². The van der Waals surface area contributed by atoms with Crippen molar-refractivity contribution < 1.29 is 4.79 Å². The van der Waals surface area contributed by atoms with E-state index in [2.05, 4.69) is 23.4 Å². The van der Waals surface area contributed by atoms with Gasteiger partial charge in [0.2, 0.25) is 0 Å². The first-order valence-electron chi connectivity index (χ1n) is 7.58. The lowest BCUT2D eigenvalue weighted by atomic mass is 9.74. The highest BCUT2D eigenvalue weighted by Gasteiger charge is 2.44. The first-order chi connectivity index (χ1) is 9.72. The summed E-state index contributed by atoms with van der Waals surface area (Å²) in [4.78, 5) is 12.4. The largest absolute Gasteiger partial charge is 0.310 e. The van der Waals surface area contributed by atoms with E-state index in [0.29, 0.717) is 30.2 Å². The van der Waals surface area contributed by atoms with E-state index in [0.717, 1.165) is 18.4 Å². The molecule has 0 amide bonds. The third-order valence-corrected chi connectivity index (χ3v) is 4.91. The molecule has 0 aromatic heterocycles. The SMILES string of the molecule is C#Cc1ccc(C2CC3CCC(N3)C2C(=O)CC)cc1. The standard InChI is InChI=1S/C18H21NO/c1-3-12-5-7-13(8-6-12)15-11-14-9-10-16(19-14)18(15)17(20)4-2/h1,5-8,14-16,18-19H,4,9-11H2,2H3. The van der Waals surface area contributed by atoms with Crippen LogP contribution in [0.25, 0.3) is 0 Å². The van der Waals surface area contributed by atoms with Crippen LogP contribution in [0.15, 0.2) is 24.3 Å². The van der Waals surface area contributed by atoms with Crippen LogP contribution in [0, 0.1) is 18.3 Å². The van der Waals surface area contributed by atoms with E-state index in [9.17, 15) is 4.79 Å². The van der Waals surface area contributed by atoms with E-state index < -0.39 is 0 Å². The molecular weight excluding hydrogens is 246 g/mol. The molecule has 2 aliphatic rings. The number of carbonyl (C=O) groups excluding carboxylic acids is 1. The molecule has 2 fully saturated rings. The van der Waals surface area contributed by atoms with Gasteiger partial charge >= 0.3 is 0 Å². The summed E-state index contributed by atoms with van der Waals surface area (Å²) in [6, 6.07) is 9.16. The second-order valence-corrected chi connectivity index (χ2v) is 6.00. The number of nitrogens with one attached hydrogen (secondary N) is 1. The summed E-state index contributed by atoms with van der Waals surface area (Å²) in [7, 11) is 0. The molecule has 2 nitrogen and oxygen atoms in total. The number of carbonyl (C=O) groups is 1. The van der Waals surface area contributed by atoms with Crippen LogP contribution in [-0.4, -0.2) is 17.9 Å². The van der Waals surface area contributed by atoms with Crippen molar-refractivity contribution in [1.29, 1.82) is 0 Å². The zero-order valence-electron chi connectivity index (χ0n) is 11.9. The monoisotopic (exact) mass is 267 g/mol. The van der Waals surface area contributed by atoms with Crippen LogP contribution < -0.4 is 5.32 Å². The van der Waals surface area contributed by atoms with E-state index in [1.165, 1.54) is 12.0 Å². The molecule has 1 aromatic rings. The minimum Gasteiger partial charge on any atom is -0.310 e. The highest BCUT2D eigenvalue weighted by atomic mass is 16.1. The van der Waals surface area contributed by atoms with Crippen LogP contribution in [-0.2, 0) is 4.79 Å². The Kier molecular flexibility index (Phi) is 3.63. The van der Waals surface area contributed by atoms with Crippen LogP contribution in [0.1, 0.15) is 49.7 Å². The van der Waals surface area contributed by atoms with Crippen LogP contribution in [0.2, 0.25) is 0 Å². The minimum absolute atomic E-state index is 0.135. The smallest absolute Gasteiger partial charge is 0.137 e. The van der Waals surface area contributed by atoms with Crippen molar-refractivity contribution in [2.24, 2.45) is 5.92 Å². The maximum atomic E-state index is 12.4. The molecule has 4 atom stereocenters. The summed E-state index contributed by atoms with van der Waals surface area (Å²) < 4.78 is 0. The molecule has 2 heteroatoms. The number of benzene rings is 1. The Morgan fingerprint density at radius 3 is 2.75 bits per heavy atom. The van der Waals surface area contributed by atoms with Gasteiger partial charge in [-0.15, -0.1) is 6.42 Å². The van der Waals surface area contributed by atoms with Gasteiger partial charge in [-0.2, -0.15) is 0 Å². The molecule has 0 radical (unpaired) electrons. The Bertz CT molecular complexity index is 540. The average Bonchev–Trinajstić information content (AvgIpc) is 2.88. The van der Waals surface area contributed by atoms with Gasteiger partial charge < -0.3 is 5.32 Å². The van der Waals surface area contributed by atoms with Gasteiger partial charge in [-0.1, -0.05) is 25.0 Å². The number of ketones is 1. The topological polar surface area (TPSA) is 29.1 Å². The highest BCUT2D eigenvalue weighted by Crippen LogP contribution is 2.42. The van der Waals surface area contributed by atoms with E-state index in [4.69, 9.17) is 6.42 Å². The zero-order chi connectivity index (χ0) is 14.1. The van der Waals surface area contributed by atoms with Crippen molar-refractivity contribution in [3.63, 3.8) is 0 Å². The predicted molar refractivity (Wildman–Crippen MR) is 80.5 cm³/mol. The van der Waals surface area contributed by atoms with Crippen molar-refractivity contribution >= 4 is 5.78 Å². The average molecular weight is 267 g/mol. The maximum absolute atomic E-state index is 12.4. The number of hydrogen-bond acceptors (Lipinski definition) is 2. The van der Waals surface area contributed by atoms with E-state index >= 15 is 0 Å². The summed E-state index contributed by atoms with van der Waals surface area (Å²) in [6.45, 7) is 1.97. The molecule has 2 aliphatic heterocycles. The van der Waals surface area contributed by atoms with Crippen LogP contribution in [0.3, 0.4) is 0 Å². The first kappa shape index (κ1) is 13.4. The quantitative estimate of drug-likeness (QED) is 0.853. The molecule has 2 bridgehead atoms. The van der Waals surface area contributed by atoms with Crippen molar-refractivity contribution in [3.8, 4) is 12.3 Å². The Morgan fingerprint density at radius 1 is 1.35 bits per heavy atom. The van der Waals surface area contributed by atoms with Gasteiger partial charge in [-0.3, -0.25) is 4.79 Å². The molecule has 2 heterocycles.